The van der Waals surface area contributed by atoms with E-state index in [0.717, 1.165) is 11.1 Å². The van der Waals surface area contributed by atoms with Crippen LogP contribution in [0, 0.1) is 26.2 Å². The molecule has 4 rings (SSSR count). The Morgan fingerprint density at radius 2 is 1.10 bits per heavy atom. The van der Waals surface area contributed by atoms with E-state index in [2.05, 4.69) is 42.4 Å². The number of guanidine groups is 3. The van der Waals surface area contributed by atoms with Gasteiger partial charge in [-0.1, -0.05) is 64.4 Å². The van der Waals surface area contributed by atoms with Gasteiger partial charge in [0, 0.05) is 23.2 Å². The van der Waals surface area contributed by atoms with Crippen LogP contribution in [0.15, 0.2) is 67.6 Å². The first-order valence-corrected chi connectivity index (χ1v) is 15.0. The van der Waals surface area contributed by atoms with E-state index in [1.54, 1.807) is 32.0 Å². The lowest BCUT2D eigenvalue weighted by Crippen LogP contribution is -2.37. The van der Waals surface area contributed by atoms with Crippen molar-refractivity contribution in [2.45, 2.75) is 60.5 Å². The van der Waals surface area contributed by atoms with Crippen LogP contribution in [0.2, 0.25) is 5.02 Å². The van der Waals surface area contributed by atoms with E-state index in [1.807, 2.05) is 65.0 Å². The fourth-order valence-electron chi connectivity index (χ4n) is 4.12. The van der Waals surface area contributed by atoms with Crippen LogP contribution in [0.3, 0.4) is 0 Å². The number of benzene rings is 2. The molecular weight excluding hydrogens is 638 g/mol. The van der Waals surface area contributed by atoms with Gasteiger partial charge in [-0.15, -0.1) is 0 Å². The molecule has 256 valence electrons. The summed E-state index contributed by atoms with van der Waals surface area (Å²) in [6.07, 6.45) is 0. The molecule has 0 aliphatic rings. The van der Waals surface area contributed by atoms with Gasteiger partial charge in [0.25, 0.3) is 11.8 Å². The number of hydrogen-bond acceptors (Lipinski definition) is 9. The molecule has 0 saturated carbocycles. The van der Waals surface area contributed by atoms with Crippen LogP contribution in [0.25, 0.3) is 22.5 Å². The van der Waals surface area contributed by atoms with E-state index in [1.165, 1.54) is 0 Å². The standard InChI is InChI=1S/C16H20N4O2.C15H17ClN4O2.CH5N3/c1-9(2)18-16(17)19-15(21)13-11(4)22-20-14(13)12-8-6-5-7-10(12)3;1-8(2)18-15(17)19-14(21)12-9(3)22-20-13(12)10-6-4-5-7-11(10)16;2-1(3)4/h5-9H,1-4H3,(H3,17,18,19,21);4-8H,1-3H3,(H3,17,18,19,21);(H5,2,3,4). The molecule has 0 unspecified atom stereocenters. The molecule has 0 radical (unpaired) electrons. The van der Waals surface area contributed by atoms with Crippen molar-refractivity contribution < 1.29 is 18.6 Å². The Kier molecular flexibility index (Phi) is 14.3. The molecule has 2 amide bonds. The number of carbonyl (C=O) groups is 2. The lowest BCUT2D eigenvalue weighted by atomic mass is 10.0. The van der Waals surface area contributed by atoms with Crippen LogP contribution >= 0.6 is 11.6 Å². The summed E-state index contributed by atoms with van der Waals surface area (Å²) < 4.78 is 10.3. The van der Waals surface area contributed by atoms with Crippen molar-refractivity contribution in [3.8, 4) is 22.5 Å². The number of nitrogens with two attached hydrogens (primary N) is 4. The van der Waals surface area contributed by atoms with Crippen molar-refractivity contribution in [3.05, 3.63) is 81.8 Å². The topological polar surface area (TPSA) is 263 Å². The monoisotopic (exact) mass is 679 g/mol. The van der Waals surface area contributed by atoms with E-state index in [-0.39, 0.29) is 41.4 Å². The second-order valence-electron chi connectivity index (χ2n) is 10.8. The van der Waals surface area contributed by atoms with Gasteiger partial charge in [0.2, 0.25) is 0 Å². The Hall–Kier alpha value is -5.70. The van der Waals surface area contributed by atoms with E-state index >= 15 is 0 Å². The average molecular weight is 680 g/mol. The number of aliphatic imine (C=N–C) groups is 2. The Morgan fingerprint density at radius 3 is 1.50 bits per heavy atom. The average Bonchev–Trinajstić information content (AvgIpc) is 3.55. The summed E-state index contributed by atoms with van der Waals surface area (Å²) in [7, 11) is 0. The molecule has 16 heteroatoms. The number of nitrogens with one attached hydrogen (secondary N) is 3. The molecule has 0 spiro atoms. The first-order valence-electron chi connectivity index (χ1n) is 14.7. The Morgan fingerprint density at radius 1 is 0.729 bits per heavy atom. The van der Waals surface area contributed by atoms with Crippen molar-refractivity contribution >= 4 is 41.3 Å². The zero-order valence-corrected chi connectivity index (χ0v) is 28.6. The van der Waals surface area contributed by atoms with Gasteiger partial charge in [0.05, 0.1) is 5.02 Å². The Labute approximate surface area is 283 Å². The van der Waals surface area contributed by atoms with Crippen LogP contribution in [0.5, 0.6) is 0 Å². The Balaban J connectivity index is 0.000000300. The van der Waals surface area contributed by atoms with E-state index in [4.69, 9.17) is 37.5 Å². The molecule has 0 fully saturated rings. The molecule has 2 heterocycles. The normalized spacial score (nSPS) is 11.3. The maximum Gasteiger partial charge on any atom is 0.263 e. The number of aromatic nitrogens is 2. The number of halogens is 1. The fraction of sp³-hybridized carbons (Fsp3) is 0.281. The minimum absolute atomic E-state index is 0.000269. The quantitative estimate of drug-likeness (QED) is 0.114. The highest BCUT2D eigenvalue weighted by Crippen LogP contribution is 2.31. The molecule has 0 aliphatic heterocycles. The summed E-state index contributed by atoms with van der Waals surface area (Å²) in [6, 6.07) is 14.7. The molecule has 0 saturated heterocycles. The van der Waals surface area contributed by atoms with Crippen molar-refractivity contribution in [1.82, 2.24) is 20.9 Å². The summed E-state index contributed by atoms with van der Waals surface area (Å²) in [6.45, 7) is 12.8. The molecule has 0 aliphatic carbocycles. The van der Waals surface area contributed by atoms with Crippen molar-refractivity contribution in [2.24, 2.45) is 32.9 Å². The van der Waals surface area contributed by atoms with Crippen LogP contribution in [-0.2, 0) is 0 Å². The van der Waals surface area contributed by atoms with Crippen LogP contribution < -0.4 is 33.6 Å². The number of aryl methyl sites for hydroxylation is 3. The summed E-state index contributed by atoms with van der Waals surface area (Å²) in [5.74, 6) is -0.200. The lowest BCUT2D eigenvalue weighted by Gasteiger charge is -2.07. The van der Waals surface area contributed by atoms with Gasteiger partial charge in [-0.25, -0.2) is 0 Å². The second kappa shape index (κ2) is 17.9. The third-order valence-corrected chi connectivity index (χ3v) is 6.32. The maximum atomic E-state index is 12.5. The summed E-state index contributed by atoms with van der Waals surface area (Å²) in [5.41, 5.74) is 24.4. The van der Waals surface area contributed by atoms with Gasteiger partial charge in [-0.2, -0.15) is 0 Å². The molecule has 4 aromatic rings. The molecule has 0 atom stereocenters. The van der Waals surface area contributed by atoms with Crippen LogP contribution in [0.4, 0.5) is 0 Å². The minimum atomic E-state index is -0.435. The van der Waals surface area contributed by atoms with Gasteiger partial charge >= 0.3 is 0 Å². The first kappa shape index (κ1) is 38.5. The minimum Gasteiger partial charge on any atom is -0.370 e. The van der Waals surface area contributed by atoms with Crippen molar-refractivity contribution in [2.75, 3.05) is 0 Å². The molecule has 15 nitrogen and oxygen atoms in total. The van der Waals surface area contributed by atoms with Crippen molar-refractivity contribution in [1.29, 1.82) is 5.41 Å². The largest absolute Gasteiger partial charge is 0.370 e. The van der Waals surface area contributed by atoms with Crippen molar-refractivity contribution in [3.63, 3.8) is 0 Å². The highest BCUT2D eigenvalue weighted by molar-refractivity contribution is 6.33. The number of carbonyl (C=O) groups excluding carboxylic acids is 2. The predicted octanol–water partition coefficient (Wildman–Crippen LogP) is 4.01. The predicted molar refractivity (Wildman–Crippen MR) is 188 cm³/mol. The Bertz CT molecular complexity index is 1660. The zero-order chi connectivity index (χ0) is 36.1. The molecule has 0 bridgehead atoms. The molecular formula is C32H42ClN11O4. The molecule has 11 N–H and O–H groups in total. The molecule has 2 aromatic heterocycles. The molecule has 48 heavy (non-hydrogen) atoms. The van der Waals surface area contributed by atoms with Gasteiger partial charge in [-0.3, -0.25) is 35.6 Å². The third-order valence-electron chi connectivity index (χ3n) is 5.99. The lowest BCUT2D eigenvalue weighted by molar-refractivity contribution is 0.0966. The number of nitrogens with zero attached hydrogens (tertiary/aromatic N) is 4. The number of amides is 2. The zero-order valence-electron chi connectivity index (χ0n) is 27.9. The molecule has 2 aromatic carbocycles. The number of rotatable bonds is 6. The maximum absolute atomic E-state index is 12.5. The van der Waals surface area contributed by atoms with Gasteiger partial charge in [0.15, 0.2) is 17.9 Å². The first-order chi connectivity index (χ1) is 22.5. The van der Waals surface area contributed by atoms with Crippen LogP contribution in [0.1, 0.15) is 65.5 Å². The van der Waals surface area contributed by atoms with E-state index in [0.29, 0.717) is 39.1 Å². The third kappa shape index (κ3) is 11.3. The highest BCUT2D eigenvalue weighted by Gasteiger charge is 2.24. The van der Waals surface area contributed by atoms with Gasteiger partial charge < -0.3 is 32.0 Å². The van der Waals surface area contributed by atoms with Gasteiger partial charge in [-0.05, 0) is 60.1 Å². The number of hydrogen-bond donors (Lipinski definition) is 7. The fourth-order valence-corrected chi connectivity index (χ4v) is 4.34. The van der Waals surface area contributed by atoms with E-state index < -0.39 is 5.91 Å². The highest BCUT2D eigenvalue weighted by atomic mass is 35.5. The second-order valence-corrected chi connectivity index (χ2v) is 11.2. The summed E-state index contributed by atoms with van der Waals surface area (Å²) >= 11 is 6.16. The SMILES string of the molecule is Cc1ccccc1-c1noc(C)c1C(=O)NC(N)=NC(C)C.Cc1onc(-c2ccccc2Cl)c1C(=O)NC(N)=NC(C)C.N=C(N)N. The summed E-state index contributed by atoms with van der Waals surface area (Å²) in [5, 5.41) is 19.6. The smallest absolute Gasteiger partial charge is 0.263 e. The van der Waals surface area contributed by atoms with Crippen LogP contribution in [-0.4, -0.2) is 52.1 Å². The van der Waals surface area contributed by atoms with E-state index in [9.17, 15) is 9.59 Å². The van der Waals surface area contributed by atoms with Gasteiger partial charge in [0.1, 0.15) is 34.0 Å². The summed E-state index contributed by atoms with van der Waals surface area (Å²) in [4.78, 5) is 33.0.